The molecule has 0 radical (unpaired) electrons. The molecule has 0 saturated carbocycles. The lowest BCUT2D eigenvalue weighted by molar-refractivity contribution is -0.135. The SMILES string of the molecule is COC(=O)C1=CC=CCC2=C1CCCC2. The maximum atomic E-state index is 11.6. The molecule has 0 aliphatic heterocycles. The predicted octanol–water partition coefficient (Wildman–Crippen LogP) is 2.92. The number of methoxy groups -OCH3 is 1. The van der Waals surface area contributed by atoms with Crippen molar-refractivity contribution in [2.45, 2.75) is 32.1 Å². The summed E-state index contributed by atoms with van der Waals surface area (Å²) >= 11 is 0. The van der Waals surface area contributed by atoms with E-state index in [1.165, 1.54) is 31.1 Å². The number of carbonyl (C=O) groups excluding carboxylic acids is 1. The van der Waals surface area contributed by atoms with Crippen molar-refractivity contribution < 1.29 is 9.53 Å². The molecule has 0 saturated heterocycles. The Labute approximate surface area is 90.3 Å². The Kier molecular flexibility index (Phi) is 3.05. The van der Waals surface area contributed by atoms with Gasteiger partial charge in [0.2, 0.25) is 0 Å². The predicted molar refractivity (Wildman–Crippen MR) is 59.4 cm³/mol. The van der Waals surface area contributed by atoms with Crippen LogP contribution in [0.4, 0.5) is 0 Å². The maximum Gasteiger partial charge on any atom is 0.338 e. The third kappa shape index (κ3) is 2.04. The number of esters is 1. The molecule has 2 aliphatic carbocycles. The molecule has 0 spiro atoms. The van der Waals surface area contributed by atoms with Crippen molar-refractivity contribution in [1.29, 1.82) is 0 Å². The van der Waals surface area contributed by atoms with Gasteiger partial charge in [0.25, 0.3) is 0 Å². The molecule has 0 heterocycles. The molecule has 0 bridgehead atoms. The summed E-state index contributed by atoms with van der Waals surface area (Å²) in [5, 5.41) is 0. The van der Waals surface area contributed by atoms with Crippen molar-refractivity contribution in [2.75, 3.05) is 7.11 Å². The quantitative estimate of drug-likeness (QED) is 0.614. The summed E-state index contributed by atoms with van der Waals surface area (Å²) in [7, 11) is 1.45. The van der Waals surface area contributed by atoms with E-state index in [-0.39, 0.29) is 5.97 Å². The minimum atomic E-state index is -0.198. The van der Waals surface area contributed by atoms with Crippen molar-refractivity contribution in [3.8, 4) is 0 Å². The lowest BCUT2D eigenvalue weighted by Gasteiger charge is -2.19. The summed E-state index contributed by atoms with van der Waals surface area (Å²) in [5.74, 6) is -0.198. The van der Waals surface area contributed by atoms with Gasteiger partial charge in [-0.1, -0.05) is 17.7 Å². The Morgan fingerprint density at radius 1 is 1.33 bits per heavy atom. The standard InChI is InChI=1S/C13H16O2/c1-15-13(14)12-9-5-3-7-10-6-2-4-8-11(10)12/h3,5,9H,2,4,6-8H2,1H3. The summed E-state index contributed by atoms with van der Waals surface area (Å²) in [6, 6.07) is 0. The lowest BCUT2D eigenvalue weighted by atomic mass is 9.86. The van der Waals surface area contributed by atoms with Gasteiger partial charge in [0, 0.05) is 0 Å². The van der Waals surface area contributed by atoms with Crippen molar-refractivity contribution in [3.63, 3.8) is 0 Å². The van der Waals surface area contributed by atoms with Crippen LogP contribution < -0.4 is 0 Å². The van der Waals surface area contributed by atoms with Crippen molar-refractivity contribution in [3.05, 3.63) is 34.9 Å². The molecule has 15 heavy (non-hydrogen) atoms. The van der Waals surface area contributed by atoms with Gasteiger partial charge in [0.05, 0.1) is 12.7 Å². The molecule has 0 N–H and O–H groups in total. The van der Waals surface area contributed by atoms with Crippen LogP contribution in [-0.4, -0.2) is 13.1 Å². The first-order chi connectivity index (χ1) is 7.33. The zero-order valence-corrected chi connectivity index (χ0v) is 9.08. The van der Waals surface area contributed by atoms with E-state index in [1.807, 2.05) is 12.2 Å². The van der Waals surface area contributed by atoms with Crippen LogP contribution in [0, 0.1) is 0 Å². The molecule has 0 aromatic rings. The van der Waals surface area contributed by atoms with Crippen LogP contribution >= 0.6 is 0 Å². The zero-order chi connectivity index (χ0) is 10.7. The number of hydrogen-bond donors (Lipinski definition) is 0. The van der Waals surface area contributed by atoms with E-state index in [9.17, 15) is 4.79 Å². The fourth-order valence-corrected chi connectivity index (χ4v) is 2.29. The second-order valence-corrected chi connectivity index (χ2v) is 3.99. The maximum absolute atomic E-state index is 11.6. The molecule has 2 rings (SSSR count). The van der Waals surface area contributed by atoms with E-state index in [2.05, 4.69) is 6.08 Å². The summed E-state index contributed by atoms with van der Waals surface area (Å²) in [5.41, 5.74) is 3.42. The Balaban J connectivity index is 2.37. The van der Waals surface area contributed by atoms with Crippen molar-refractivity contribution in [2.24, 2.45) is 0 Å². The molecule has 0 atom stereocenters. The third-order valence-corrected chi connectivity index (χ3v) is 3.08. The van der Waals surface area contributed by atoms with Gasteiger partial charge in [-0.3, -0.25) is 0 Å². The molecule has 2 aliphatic rings. The average molecular weight is 204 g/mol. The highest BCUT2D eigenvalue weighted by Crippen LogP contribution is 2.33. The second-order valence-electron chi connectivity index (χ2n) is 3.99. The number of hydrogen-bond acceptors (Lipinski definition) is 2. The van der Waals surface area contributed by atoms with Gasteiger partial charge in [-0.05, 0) is 43.8 Å². The Bertz CT molecular complexity index is 359. The van der Waals surface area contributed by atoms with Crippen molar-refractivity contribution in [1.82, 2.24) is 0 Å². The van der Waals surface area contributed by atoms with Crippen LogP contribution in [0.2, 0.25) is 0 Å². The highest BCUT2D eigenvalue weighted by atomic mass is 16.5. The van der Waals surface area contributed by atoms with E-state index in [0.29, 0.717) is 0 Å². The molecule has 2 nitrogen and oxygen atoms in total. The zero-order valence-electron chi connectivity index (χ0n) is 9.08. The average Bonchev–Trinajstić information content (AvgIpc) is 2.50. The van der Waals surface area contributed by atoms with Gasteiger partial charge in [-0.15, -0.1) is 0 Å². The van der Waals surface area contributed by atoms with E-state index >= 15 is 0 Å². The van der Waals surface area contributed by atoms with Crippen molar-refractivity contribution >= 4 is 5.97 Å². The van der Waals surface area contributed by atoms with Crippen LogP contribution in [0.1, 0.15) is 32.1 Å². The number of allylic oxidation sites excluding steroid dienone is 4. The molecule has 0 aromatic heterocycles. The minimum absolute atomic E-state index is 0.198. The number of rotatable bonds is 1. The Morgan fingerprint density at radius 3 is 2.93 bits per heavy atom. The number of carbonyl (C=O) groups is 1. The van der Waals surface area contributed by atoms with E-state index in [1.54, 1.807) is 0 Å². The van der Waals surface area contributed by atoms with Crippen LogP contribution in [-0.2, 0) is 9.53 Å². The summed E-state index contributed by atoms with van der Waals surface area (Å²) in [4.78, 5) is 11.6. The fraction of sp³-hybridized carbons (Fsp3) is 0.462. The molecule has 0 aromatic carbocycles. The Hall–Kier alpha value is -1.31. The molecule has 80 valence electrons. The molecule has 0 fully saturated rings. The molecule has 2 heteroatoms. The summed E-state index contributed by atoms with van der Waals surface area (Å²) < 4.78 is 4.82. The topological polar surface area (TPSA) is 26.3 Å². The van der Waals surface area contributed by atoms with E-state index < -0.39 is 0 Å². The molecule has 0 amide bonds. The second kappa shape index (κ2) is 4.47. The molecule has 0 unspecified atom stereocenters. The summed E-state index contributed by atoms with van der Waals surface area (Å²) in [6.45, 7) is 0. The summed E-state index contributed by atoms with van der Waals surface area (Å²) in [6.07, 6.45) is 11.6. The molecular weight excluding hydrogens is 188 g/mol. The highest BCUT2D eigenvalue weighted by molar-refractivity contribution is 5.94. The van der Waals surface area contributed by atoms with Gasteiger partial charge in [0.15, 0.2) is 0 Å². The lowest BCUT2D eigenvalue weighted by Crippen LogP contribution is -2.11. The first kappa shape index (κ1) is 10.2. The van der Waals surface area contributed by atoms with E-state index in [0.717, 1.165) is 24.8 Å². The smallest absolute Gasteiger partial charge is 0.338 e. The largest absolute Gasteiger partial charge is 0.465 e. The van der Waals surface area contributed by atoms with Crippen LogP contribution in [0.15, 0.2) is 34.9 Å². The van der Waals surface area contributed by atoms with Crippen LogP contribution in [0.3, 0.4) is 0 Å². The van der Waals surface area contributed by atoms with Crippen LogP contribution in [0.5, 0.6) is 0 Å². The monoisotopic (exact) mass is 204 g/mol. The van der Waals surface area contributed by atoms with Gasteiger partial charge in [0.1, 0.15) is 0 Å². The molecular formula is C13H16O2. The fourth-order valence-electron chi connectivity index (χ4n) is 2.29. The van der Waals surface area contributed by atoms with Gasteiger partial charge in [-0.25, -0.2) is 4.79 Å². The highest BCUT2D eigenvalue weighted by Gasteiger charge is 2.21. The van der Waals surface area contributed by atoms with Gasteiger partial charge < -0.3 is 4.74 Å². The first-order valence-corrected chi connectivity index (χ1v) is 5.49. The van der Waals surface area contributed by atoms with Crippen LogP contribution in [0.25, 0.3) is 0 Å². The first-order valence-electron chi connectivity index (χ1n) is 5.49. The minimum Gasteiger partial charge on any atom is -0.465 e. The number of ether oxygens (including phenoxy) is 1. The third-order valence-electron chi connectivity index (χ3n) is 3.08. The van der Waals surface area contributed by atoms with Gasteiger partial charge >= 0.3 is 5.97 Å². The normalized spacial score (nSPS) is 20.5. The Morgan fingerprint density at radius 2 is 2.13 bits per heavy atom. The van der Waals surface area contributed by atoms with Gasteiger partial charge in [-0.2, -0.15) is 0 Å². The van der Waals surface area contributed by atoms with E-state index in [4.69, 9.17) is 4.74 Å².